The number of hydrogen-bond acceptors (Lipinski definition) is 9. The molecule has 12 nitrogen and oxygen atoms in total. The van der Waals surface area contributed by atoms with E-state index in [4.69, 9.17) is 13.8 Å². The van der Waals surface area contributed by atoms with Crippen molar-refractivity contribution in [2.45, 2.75) is 25.8 Å². The van der Waals surface area contributed by atoms with Gasteiger partial charge in [0, 0.05) is 32.1 Å². The van der Waals surface area contributed by atoms with Gasteiger partial charge < -0.3 is 20.7 Å². The number of nitrogens with one attached hydrogen (secondary N) is 3. The molecule has 184 valence electrons. The van der Waals surface area contributed by atoms with Crippen molar-refractivity contribution in [1.82, 2.24) is 16.0 Å². The fraction of sp³-hybridized carbons (Fsp3) is 0.667. The number of rotatable bonds is 13. The number of ether oxygens (including phenoxy) is 1. The minimum Gasteiger partial charge on any atom is -0.495 e. The Labute approximate surface area is 189 Å². The molecule has 1 aliphatic heterocycles. The van der Waals surface area contributed by atoms with E-state index in [9.17, 15) is 21.6 Å². The highest BCUT2D eigenvalue weighted by molar-refractivity contribution is 7.86. The minimum absolute atomic E-state index is 0.0361. The zero-order valence-corrected chi connectivity index (χ0v) is 20.1. The molecule has 1 rings (SSSR count). The van der Waals surface area contributed by atoms with Crippen molar-refractivity contribution in [3.05, 3.63) is 24.1 Å². The first kappa shape index (κ1) is 28.0. The summed E-state index contributed by atoms with van der Waals surface area (Å²) >= 11 is 0. The zero-order valence-electron chi connectivity index (χ0n) is 18.4. The van der Waals surface area contributed by atoms with Crippen molar-refractivity contribution in [2.75, 3.05) is 44.8 Å². The van der Waals surface area contributed by atoms with Gasteiger partial charge in [0.25, 0.3) is 26.1 Å². The van der Waals surface area contributed by atoms with Gasteiger partial charge in [-0.2, -0.15) is 16.8 Å². The minimum atomic E-state index is -4.19. The van der Waals surface area contributed by atoms with Crippen LogP contribution in [0.5, 0.6) is 0 Å². The molecule has 1 aliphatic rings. The maximum Gasteiger partial charge on any atom is 0.266 e. The Morgan fingerprint density at radius 1 is 1.28 bits per heavy atom. The van der Waals surface area contributed by atoms with Crippen LogP contribution < -0.4 is 16.0 Å². The third-order valence-electron chi connectivity index (χ3n) is 5.11. The fourth-order valence-electron chi connectivity index (χ4n) is 3.33. The van der Waals surface area contributed by atoms with Gasteiger partial charge in [0.2, 0.25) is 0 Å². The Bertz CT molecular complexity index is 959. The van der Waals surface area contributed by atoms with Crippen LogP contribution in [0.15, 0.2) is 29.1 Å². The third kappa shape index (κ3) is 8.50. The van der Waals surface area contributed by atoms with Gasteiger partial charge in [-0.05, 0) is 19.4 Å². The van der Waals surface area contributed by atoms with Crippen LogP contribution >= 0.6 is 0 Å². The summed E-state index contributed by atoms with van der Waals surface area (Å²) < 4.78 is 67.0. The number of carbonyl (C=O) groups excluding carboxylic acids is 1. The van der Waals surface area contributed by atoms with E-state index in [1.165, 1.54) is 13.2 Å². The molecule has 0 aromatic rings. The molecule has 1 saturated heterocycles. The van der Waals surface area contributed by atoms with Crippen LogP contribution in [0, 0.1) is 5.92 Å². The van der Waals surface area contributed by atoms with E-state index in [0.717, 1.165) is 0 Å². The van der Waals surface area contributed by atoms with E-state index in [0.29, 0.717) is 24.4 Å². The molecule has 32 heavy (non-hydrogen) atoms. The summed E-state index contributed by atoms with van der Waals surface area (Å²) in [5, 5.41) is 8.75. The van der Waals surface area contributed by atoms with E-state index < -0.39 is 43.2 Å². The Kier molecular flexibility index (Phi) is 10.3. The first-order valence-electron chi connectivity index (χ1n) is 9.89. The smallest absolute Gasteiger partial charge is 0.266 e. The molecule has 0 aromatic heterocycles. The molecule has 1 heterocycles. The Morgan fingerprint density at radius 2 is 1.88 bits per heavy atom. The average Bonchev–Trinajstić information content (AvgIpc) is 2.98. The Morgan fingerprint density at radius 3 is 2.38 bits per heavy atom. The molecule has 0 saturated carbocycles. The molecule has 0 aromatic carbocycles. The number of hydrogen-bond donors (Lipinski definition) is 5. The summed E-state index contributed by atoms with van der Waals surface area (Å²) in [6.45, 7) is 7.61. The van der Waals surface area contributed by atoms with E-state index in [-0.39, 0.29) is 31.3 Å². The summed E-state index contributed by atoms with van der Waals surface area (Å²) in [5.74, 6) is -1.40. The van der Waals surface area contributed by atoms with Crippen LogP contribution in [0.25, 0.3) is 0 Å². The second-order valence-corrected chi connectivity index (χ2v) is 10.5. The van der Waals surface area contributed by atoms with Crippen LogP contribution in [0.2, 0.25) is 0 Å². The SMILES string of the molecule is C=C/C(OC)=C1/NC[C@H](C/N=C(\CC)C(=O)NCCS(=O)(=O)O)[C@@]1(C)NCCS(=O)(=O)O. The number of methoxy groups -OCH3 is 1. The first-order chi connectivity index (χ1) is 14.8. The summed E-state index contributed by atoms with van der Waals surface area (Å²) in [4.78, 5) is 16.7. The maximum absolute atomic E-state index is 12.3. The number of carbonyl (C=O) groups is 1. The predicted octanol–water partition coefficient (Wildman–Crippen LogP) is -0.659. The van der Waals surface area contributed by atoms with E-state index in [1.807, 2.05) is 6.92 Å². The quantitative estimate of drug-likeness (QED) is 0.125. The Balaban J connectivity index is 3.04. The highest BCUT2D eigenvalue weighted by atomic mass is 32.2. The molecule has 0 unspecified atom stereocenters. The molecule has 0 bridgehead atoms. The molecule has 5 N–H and O–H groups in total. The van der Waals surface area contributed by atoms with Crippen molar-refractivity contribution < 1.29 is 35.5 Å². The molecule has 0 radical (unpaired) electrons. The van der Waals surface area contributed by atoms with E-state index >= 15 is 0 Å². The monoisotopic (exact) mass is 496 g/mol. The molecule has 2 atom stereocenters. The molecule has 1 amide bonds. The topological polar surface area (TPSA) is 183 Å². The van der Waals surface area contributed by atoms with Gasteiger partial charge in [-0.25, -0.2) is 0 Å². The molecule has 0 spiro atoms. The van der Waals surface area contributed by atoms with Gasteiger partial charge in [0.1, 0.15) is 5.76 Å². The van der Waals surface area contributed by atoms with Crippen LogP contribution in [0.3, 0.4) is 0 Å². The second kappa shape index (κ2) is 11.7. The second-order valence-electron chi connectivity index (χ2n) is 7.32. The highest BCUT2D eigenvalue weighted by Crippen LogP contribution is 2.33. The van der Waals surface area contributed by atoms with Gasteiger partial charge in [0.15, 0.2) is 0 Å². The average molecular weight is 497 g/mol. The largest absolute Gasteiger partial charge is 0.495 e. The summed E-state index contributed by atoms with van der Waals surface area (Å²) in [6.07, 6.45) is 1.81. The number of nitrogens with zero attached hydrogens (tertiary/aromatic N) is 1. The molecule has 1 fully saturated rings. The van der Waals surface area contributed by atoms with Crippen LogP contribution in [0.4, 0.5) is 0 Å². The van der Waals surface area contributed by atoms with E-state index in [1.54, 1.807) is 6.92 Å². The first-order valence-corrected chi connectivity index (χ1v) is 13.1. The number of amides is 1. The summed E-state index contributed by atoms with van der Waals surface area (Å²) in [6, 6.07) is 0. The lowest BCUT2D eigenvalue weighted by Gasteiger charge is -2.33. The lowest BCUT2D eigenvalue weighted by Crippen LogP contribution is -2.50. The lowest BCUT2D eigenvalue weighted by molar-refractivity contribution is -0.114. The third-order valence-corrected chi connectivity index (χ3v) is 6.55. The Hall–Kier alpha value is -2.00. The lowest BCUT2D eigenvalue weighted by atomic mass is 9.85. The number of allylic oxidation sites excluding steroid dienone is 1. The zero-order chi connectivity index (χ0) is 24.6. The molecular formula is C18H32N4O8S2. The van der Waals surface area contributed by atoms with Crippen LogP contribution in [-0.4, -0.2) is 87.9 Å². The van der Waals surface area contributed by atoms with Gasteiger partial charge in [0.05, 0.1) is 35.6 Å². The van der Waals surface area contributed by atoms with Gasteiger partial charge >= 0.3 is 0 Å². The normalized spacial score (nSPS) is 23.4. The van der Waals surface area contributed by atoms with Crippen molar-refractivity contribution in [1.29, 1.82) is 0 Å². The standard InChI is InChI=1S/C18H32N4O8S2/c1-5-14(17(23)19-7-9-31(24,25)26)20-11-13-12-21-16(15(6-2)30-4)18(13,3)22-8-10-32(27,28)29/h6,13,21-22H,2,5,7-12H2,1,3-4H3,(H,19,23)(H,24,25,26)(H,27,28,29)/b16-15-,20-14+/t13-,18+/m0/s1. The molecule has 14 heteroatoms. The van der Waals surface area contributed by atoms with Crippen LogP contribution in [0.1, 0.15) is 20.3 Å². The highest BCUT2D eigenvalue weighted by Gasteiger charge is 2.44. The summed E-state index contributed by atoms with van der Waals surface area (Å²) in [5.41, 5.74) is 0.0171. The number of aliphatic imine (C=N–C) groups is 1. The molecule has 0 aliphatic carbocycles. The van der Waals surface area contributed by atoms with Crippen molar-refractivity contribution in [3.63, 3.8) is 0 Å². The van der Waals surface area contributed by atoms with Crippen molar-refractivity contribution in [2.24, 2.45) is 10.9 Å². The van der Waals surface area contributed by atoms with Crippen molar-refractivity contribution >= 4 is 31.9 Å². The summed E-state index contributed by atoms with van der Waals surface area (Å²) in [7, 11) is -6.88. The van der Waals surface area contributed by atoms with Gasteiger partial charge in [-0.1, -0.05) is 13.5 Å². The predicted molar refractivity (Wildman–Crippen MR) is 121 cm³/mol. The van der Waals surface area contributed by atoms with Crippen LogP contribution in [-0.2, 0) is 29.8 Å². The van der Waals surface area contributed by atoms with E-state index in [2.05, 4.69) is 27.5 Å². The fourth-order valence-corrected chi connectivity index (χ4v) is 4.05. The van der Waals surface area contributed by atoms with Gasteiger partial charge in [-0.15, -0.1) is 0 Å². The van der Waals surface area contributed by atoms with Gasteiger partial charge in [-0.3, -0.25) is 18.9 Å². The van der Waals surface area contributed by atoms with Crippen molar-refractivity contribution in [3.8, 4) is 0 Å². The maximum atomic E-state index is 12.3. The molecular weight excluding hydrogens is 464 g/mol.